The highest BCUT2D eigenvalue weighted by molar-refractivity contribution is 9.10. The van der Waals surface area contributed by atoms with Crippen molar-refractivity contribution in [1.29, 1.82) is 0 Å². The highest BCUT2D eigenvalue weighted by atomic mass is 79.9. The van der Waals surface area contributed by atoms with E-state index in [0.717, 1.165) is 21.2 Å². The Bertz CT molecular complexity index is 558. The molecule has 0 aliphatic carbocycles. The van der Waals surface area contributed by atoms with Crippen LogP contribution in [-0.4, -0.2) is 0 Å². The van der Waals surface area contributed by atoms with Gasteiger partial charge in [-0.1, -0.05) is 39.7 Å². The highest BCUT2D eigenvalue weighted by Gasteiger charge is 2.13. The van der Waals surface area contributed by atoms with Crippen LogP contribution in [0.15, 0.2) is 34.8 Å². The van der Waals surface area contributed by atoms with E-state index in [9.17, 15) is 4.39 Å². The number of aryl methyl sites for hydroxylation is 2. The summed E-state index contributed by atoms with van der Waals surface area (Å²) in [6, 6.07) is 8.67. The summed E-state index contributed by atoms with van der Waals surface area (Å²) in [5.41, 5.74) is 3.43. The Morgan fingerprint density at radius 3 is 2.47 bits per heavy atom. The van der Waals surface area contributed by atoms with Gasteiger partial charge >= 0.3 is 0 Å². The summed E-state index contributed by atoms with van der Waals surface area (Å²) in [6.45, 7) is 3.96. The van der Waals surface area contributed by atoms with Crippen molar-refractivity contribution in [3.05, 3.63) is 56.8 Å². The number of rotatable bonds is 1. The largest absolute Gasteiger partial charge is 0.206 e. The van der Waals surface area contributed by atoms with Crippen LogP contribution in [0, 0.1) is 19.7 Å². The third kappa shape index (κ3) is 2.38. The predicted octanol–water partition coefficient (Wildman–Crippen LogP) is 5.53. The average Bonchev–Trinajstić information content (AvgIpc) is 2.25. The molecule has 2 aromatic rings. The number of benzene rings is 2. The Morgan fingerprint density at radius 1 is 1.12 bits per heavy atom. The minimum absolute atomic E-state index is 0.295. The molecule has 88 valence electrons. The van der Waals surface area contributed by atoms with Crippen molar-refractivity contribution in [3.8, 4) is 11.1 Å². The van der Waals surface area contributed by atoms with Crippen LogP contribution >= 0.6 is 27.5 Å². The summed E-state index contributed by atoms with van der Waals surface area (Å²) in [7, 11) is 0. The average molecular weight is 314 g/mol. The van der Waals surface area contributed by atoms with Crippen LogP contribution in [-0.2, 0) is 0 Å². The zero-order valence-corrected chi connectivity index (χ0v) is 11.9. The lowest BCUT2D eigenvalue weighted by Crippen LogP contribution is -1.91. The fraction of sp³-hybridized carbons (Fsp3) is 0.143. The maximum Gasteiger partial charge on any atom is 0.132 e. The van der Waals surface area contributed by atoms with Crippen LogP contribution in [0.5, 0.6) is 0 Å². The van der Waals surface area contributed by atoms with Crippen LogP contribution in [0.2, 0.25) is 5.02 Å². The molecule has 0 amide bonds. The highest BCUT2D eigenvalue weighted by Crippen LogP contribution is 2.35. The number of hydrogen-bond acceptors (Lipinski definition) is 0. The van der Waals surface area contributed by atoms with Gasteiger partial charge in [-0.2, -0.15) is 0 Å². The van der Waals surface area contributed by atoms with E-state index in [4.69, 9.17) is 11.6 Å². The fourth-order valence-corrected chi connectivity index (χ4v) is 2.46. The van der Waals surface area contributed by atoms with Gasteiger partial charge in [0.15, 0.2) is 0 Å². The van der Waals surface area contributed by atoms with E-state index in [-0.39, 0.29) is 5.82 Å². The first-order chi connectivity index (χ1) is 8.00. The summed E-state index contributed by atoms with van der Waals surface area (Å²) < 4.78 is 14.8. The van der Waals surface area contributed by atoms with Crippen molar-refractivity contribution in [2.24, 2.45) is 0 Å². The van der Waals surface area contributed by atoms with Crippen LogP contribution < -0.4 is 0 Å². The summed E-state index contributed by atoms with van der Waals surface area (Å²) >= 11 is 9.53. The zero-order chi connectivity index (χ0) is 12.6. The molecule has 0 saturated carbocycles. The van der Waals surface area contributed by atoms with Gasteiger partial charge in [0.1, 0.15) is 5.82 Å². The molecule has 0 spiro atoms. The summed E-state index contributed by atoms with van der Waals surface area (Å²) in [5, 5.41) is 0.434. The number of halogens is 3. The minimum Gasteiger partial charge on any atom is -0.206 e. The molecule has 0 unspecified atom stereocenters. The maximum atomic E-state index is 13.8. The SMILES string of the molecule is Cc1cc(C)c(-c2c(F)cccc2Cl)cc1Br. The van der Waals surface area contributed by atoms with Gasteiger partial charge in [-0.3, -0.25) is 0 Å². The second-order valence-electron chi connectivity index (χ2n) is 4.01. The molecule has 0 saturated heterocycles. The second-order valence-corrected chi connectivity index (χ2v) is 5.27. The molecule has 0 heterocycles. The first kappa shape index (κ1) is 12.6. The molecule has 2 aromatic carbocycles. The lowest BCUT2D eigenvalue weighted by Gasteiger charge is -2.11. The molecular formula is C14H11BrClF. The van der Waals surface area contributed by atoms with Gasteiger partial charge in [-0.05, 0) is 48.7 Å². The molecule has 2 rings (SSSR count). The smallest absolute Gasteiger partial charge is 0.132 e. The maximum absolute atomic E-state index is 13.8. The summed E-state index contributed by atoms with van der Waals surface area (Å²) in [5.74, 6) is -0.295. The third-order valence-corrected chi connectivity index (χ3v) is 3.91. The third-order valence-electron chi connectivity index (χ3n) is 2.74. The van der Waals surface area contributed by atoms with Crippen molar-refractivity contribution in [1.82, 2.24) is 0 Å². The standard InChI is InChI=1S/C14H11BrClF/c1-8-6-9(2)11(15)7-10(8)14-12(16)4-3-5-13(14)17/h3-7H,1-2H3. The van der Waals surface area contributed by atoms with Gasteiger partial charge in [0.05, 0.1) is 5.02 Å². The Morgan fingerprint density at radius 2 is 1.82 bits per heavy atom. The summed E-state index contributed by atoms with van der Waals surface area (Å²) in [6.07, 6.45) is 0. The topological polar surface area (TPSA) is 0 Å². The van der Waals surface area contributed by atoms with Crippen LogP contribution in [0.4, 0.5) is 4.39 Å². The van der Waals surface area contributed by atoms with Crippen molar-refractivity contribution in [3.63, 3.8) is 0 Å². The molecule has 0 aromatic heterocycles. The summed E-state index contributed by atoms with van der Waals surface area (Å²) in [4.78, 5) is 0. The first-order valence-electron chi connectivity index (χ1n) is 5.22. The molecule has 17 heavy (non-hydrogen) atoms. The van der Waals surface area contributed by atoms with E-state index < -0.39 is 0 Å². The molecule has 0 aliphatic heterocycles. The normalized spacial score (nSPS) is 10.6. The van der Waals surface area contributed by atoms with Crippen molar-refractivity contribution < 1.29 is 4.39 Å². The van der Waals surface area contributed by atoms with Crippen LogP contribution in [0.25, 0.3) is 11.1 Å². The first-order valence-corrected chi connectivity index (χ1v) is 6.39. The van der Waals surface area contributed by atoms with E-state index >= 15 is 0 Å². The molecule has 0 bridgehead atoms. The lowest BCUT2D eigenvalue weighted by atomic mass is 9.98. The molecule has 3 heteroatoms. The Kier molecular flexibility index (Phi) is 3.55. The van der Waals surface area contributed by atoms with Gasteiger partial charge in [0, 0.05) is 10.0 Å². The molecule has 0 fully saturated rings. The van der Waals surface area contributed by atoms with E-state index in [1.807, 2.05) is 26.0 Å². The fourth-order valence-electron chi connectivity index (χ4n) is 1.85. The molecule has 0 N–H and O–H groups in total. The van der Waals surface area contributed by atoms with Gasteiger partial charge in [0.2, 0.25) is 0 Å². The van der Waals surface area contributed by atoms with E-state index in [1.54, 1.807) is 12.1 Å². The van der Waals surface area contributed by atoms with Crippen LogP contribution in [0.3, 0.4) is 0 Å². The number of hydrogen-bond donors (Lipinski definition) is 0. The molecule has 0 nitrogen and oxygen atoms in total. The second kappa shape index (κ2) is 4.79. The van der Waals surface area contributed by atoms with E-state index in [1.165, 1.54) is 6.07 Å². The monoisotopic (exact) mass is 312 g/mol. The van der Waals surface area contributed by atoms with Gasteiger partial charge in [-0.25, -0.2) is 4.39 Å². The predicted molar refractivity (Wildman–Crippen MR) is 74.0 cm³/mol. The van der Waals surface area contributed by atoms with Gasteiger partial charge in [0.25, 0.3) is 0 Å². The van der Waals surface area contributed by atoms with Crippen LogP contribution in [0.1, 0.15) is 11.1 Å². The van der Waals surface area contributed by atoms with Gasteiger partial charge in [-0.15, -0.1) is 0 Å². The van der Waals surface area contributed by atoms with Crippen molar-refractivity contribution in [2.75, 3.05) is 0 Å². The van der Waals surface area contributed by atoms with Crippen molar-refractivity contribution >= 4 is 27.5 Å². The molecule has 0 aliphatic rings. The quantitative estimate of drug-likeness (QED) is 0.650. The van der Waals surface area contributed by atoms with E-state index in [0.29, 0.717) is 10.6 Å². The minimum atomic E-state index is -0.295. The zero-order valence-electron chi connectivity index (χ0n) is 9.52. The molecule has 0 atom stereocenters. The Hall–Kier alpha value is -0.860. The van der Waals surface area contributed by atoms with Gasteiger partial charge < -0.3 is 0 Å². The van der Waals surface area contributed by atoms with E-state index in [2.05, 4.69) is 15.9 Å². The Labute approximate surface area is 114 Å². The lowest BCUT2D eigenvalue weighted by molar-refractivity contribution is 0.631. The van der Waals surface area contributed by atoms with Crippen molar-refractivity contribution in [2.45, 2.75) is 13.8 Å². The molecule has 0 radical (unpaired) electrons. The molecular weight excluding hydrogens is 303 g/mol. The Balaban J connectivity index is 2.73.